The normalized spacial score (nSPS) is 13.5. The Hall–Kier alpha value is -1.09. The van der Waals surface area contributed by atoms with Gasteiger partial charge in [0.15, 0.2) is 0 Å². The Bertz CT molecular complexity index is 433. The summed E-state index contributed by atoms with van der Waals surface area (Å²) in [7, 11) is 2.25. The Morgan fingerprint density at radius 1 is 0.733 bits per heavy atom. The molecule has 0 heterocycles. The first-order chi connectivity index (χ1) is 14.5. The minimum Gasteiger partial charge on any atom is -0.481 e. The molecule has 0 aliphatic rings. The van der Waals surface area contributed by atoms with Crippen molar-refractivity contribution in [2.75, 3.05) is 26.7 Å². The molecule has 0 bridgehead atoms. The Labute approximate surface area is 188 Å². The van der Waals surface area contributed by atoms with E-state index < -0.39 is 5.97 Å². The first kappa shape index (κ1) is 28.9. The SMILES string of the molecule is C=CC[N+](C)(CC=CCC(=O)O)CCCCCCCCCCCCCCCCCC. The molecule has 176 valence electrons. The second kappa shape index (κ2) is 21.2. The van der Waals surface area contributed by atoms with Gasteiger partial charge in [0.1, 0.15) is 0 Å². The van der Waals surface area contributed by atoms with Gasteiger partial charge in [0.25, 0.3) is 0 Å². The predicted octanol–water partition coefficient (Wildman–Crippen LogP) is 7.91. The van der Waals surface area contributed by atoms with Crippen LogP contribution in [0.1, 0.15) is 116 Å². The second-order valence-corrected chi connectivity index (χ2v) is 9.37. The smallest absolute Gasteiger partial charge is 0.307 e. The molecule has 0 saturated heterocycles. The fourth-order valence-electron chi connectivity index (χ4n) is 4.12. The van der Waals surface area contributed by atoms with Crippen LogP contribution in [0.5, 0.6) is 0 Å². The van der Waals surface area contributed by atoms with Crippen molar-refractivity contribution in [1.82, 2.24) is 0 Å². The van der Waals surface area contributed by atoms with Crippen LogP contribution in [0, 0.1) is 0 Å². The molecule has 1 atom stereocenters. The fourth-order valence-corrected chi connectivity index (χ4v) is 4.12. The van der Waals surface area contributed by atoms with Crippen LogP contribution >= 0.6 is 0 Å². The number of hydrogen-bond donors (Lipinski definition) is 1. The lowest BCUT2D eigenvalue weighted by atomic mass is 10.0. The molecule has 3 heteroatoms. The van der Waals surface area contributed by atoms with Gasteiger partial charge in [-0.05, 0) is 25.0 Å². The minimum absolute atomic E-state index is 0.118. The van der Waals surface area contributed by atoms with Gasteiger partial charge in [-0.25, -0.2) is 0 Å². The molecule has 0 rings (SSSR count). The summed E-state index contributed by atoms with van der Waals surface area (Å²) >= 11 is 0. The van der Waals surface area contributed by atoms with Crippen molar-refractivity contribution in [2.24, 2.45) is 0 Å². The highest BCUT2D eigenvalue weighted by Crippen LogP contribution is 2.14. The van der Waals surface area contributed by atoms with Gasteiger partial charge in [-0.15, -0.1) is 0 Å². The maximum atomic E-state index is 10.6. The molecule has 0 fully saturated rings. The van der Waals surface area contributed by atoms with Crippen LogP contribution in [-0.2, 0) is 4.79 Å². The lowest BCUT2D eigenvalue weighted by Gasteiger charge is -2.32. The van der Waals surface area contributed by atoms with Crippen molar-refractivity contribution in [1.29, 1.82) is 0 Å². The molecule has 0 aromatic rings. The quantitative estimate of drug-likeness (QED) is 0.103. The maximum absolute atomic E-state index is 10.6. The van der Waals surface area contributed by atoms with Crippen LogP contribution < -0.4 is 0 Å². The summed E-state index contributed by atoms with van der Waals surface area (Å²) in [5.74, 6) is -0.762. The van der Waals surface area contributed by atoms with E-state index in [2.05, 4.69) is 20.6 Å². The molecule has 0 saturated carbocycles. The summed E-state index contributed by atoms with van der Waals surface area (Å²) in [5, 5.41) is 8.73. The van der Waals surface area contributed by atoms with Crippen LogP contribution in [0.25, 0.3) is 0 Å². The van der Waals surface area contributed by atoms with E-state index in [0.29, 0.717) is 0 Å². The molecule has 0 aliphatic heterocycles. The molecule has 0 aromatic heterocycles. The zero-order valence-electron chi connectivity index (χ0n) is 20.4. The third-order valence-electron chi connectivity index (χ3n) is 6.13. The van der Waals surface area contributed by atoms with Gasteiger partial charge in [-0.3, -0.25) is 4.79 Å². The van der Waals surface area contributed by atoms with Gasteiger partial charge in [-0.1, -0.05) is 109 Å². The lowest BCUT2D eigenvalue weighted by molar-refractivity contribution is -0.898. The summed E-state index contributed by atoms with van der Waals surface area (Å²) in [6.45, 7) is 9.15. The molecule has 0 amide bonds. The van der Waals surface area contributed by atoms with Crippen molar-refractivity contribution in [3.8, 4) is 0 Å². The molecule has 0 spiro atoms. The van der Waals surface area contributed by atoms with Crippen LogP contribution in [0.2, 0.25) is 0 Å². The average Bonchev–Trinajstić information content (AvgIpc) is 2.71. The van der Waals surface area contributed by atoms with Gasteiger partial charge in [-0.2, -0.15) is 0 Å². The van der Waals surface area contributed by atoms with E-state index in [0.717, 1.165) is 24.1 Å². The van der Waals surface area contributed by atoms with E-state index in [-0.39, 0.29) is 6.42 Å². The van der Waals surface area contributed by atoms with Gasteiger partial charge in [0, 0.05) is 0 Å². The van der Waals surface area contributed by atoms with Crippen LogP contribution in [0.15, 0.2) is 24.8 Å². The number of aliphatic carboxylic acids is 1. The maximum Gasteiger partial charge on any atom is 0.307 e. The molecule has 30 heavy (non-hydrogen) atoms. The molecule has 3 nitrogen and oxygen atoms in total. The molecular formula is C27H52NO2+. The topological polar surface area (TPSA) is 37.3 Å². The third-order valence-corrected chi connectivity index (χ3v) is 6.13. The van der Waals surface area contributed by atoms with Crippen molar-refractivity contribution >= 4 is 5.97 Å². The number of nitrogens with zero attached hydrogens (tertiary/aromatic N) is 1. The number of hydrogen-bond acceptors (Lipinski definition) is 1. The first-order valence-electron chi connectivity index (χ1n) is 12.9. The number of carbonyl (C=O) groups is 1. The van der Waals surface area contributed by atoms with Crippen molar-refractivity contribution in [3.63, 3.8) is 0 Å². The Morgan fingerprint density at radius 2 is 1.17 bits per heavy atom. The Balaban J connectivity index is 3.54. The van der Waals surface area contributed by atoms with Crippen molar-refractivity contribution in [3.05, 3.63) is 24.8 Å². The van der Waals surface area contributed by atoms with Crippen LogP contribution in [0.4, 0.5) is 0 Å². The predicted molar refractivity (Wildman–Crippen MR) is 132 cm³/mol. The number of carboxylic acid groups (broad SMARTS) is 1. The van der Waals surface area contributed by atoms with Crippen molar-refractivity contribution in [2.45, 2.75) is 116 Å². The van der Waals surface area contributed by atoms with Crippen LogP contribution in [-0.4, -0.2) is 42.2 Å². The minimum atomic E-state index is -0.762. The Kier molecular flexibility index (Phi) is 20.4. The van der Waals surface area contributed by atoms with Gasteiger partial charge in [0.2, 0.25) is 0 Å². The molecule has 0 aromatic carbocycles. The standard InChI is InChI=1S/C27H51NO2/c1-4-6-7-8-9-10-11-12-13-14-15-16-17-18-19-21-25-28(3,24-5-2)26-22-20-23-27(29)30/h5,20,22H,2,4,6-19,21,23-26H2,1,3H3/p+1. The van der Waals surface area contributed by atoms with E-state index in [1.807, 2.05) is 12.2 Å². The van der Waals surface area contributed by atoms with E-state index in [1.54, 1.807) is 6.08 Å². The number of quaternary nitrogens is 1. The second-order valence-electron chi connectivity index (χ2n) is 9.37. The first-order valence-corrected chi connectivity index (χ1v) is 12.9. The molecule has 1 N–H and O–H groups in total. The summed E-state index contributed by atoms with van der Waals surface area (Å²) in [4.78, 5) is 10.6. The highest BCUT2D eigenvalue weighted by Gasteiger charge is 2.17. The van der Waals surface area contributed by atoms with Crippen molar-refractivity contribution < 1.29 is 14.4 Å². The van der Waals surface area contributed by atoms with Crippen LogP contribution in [0.3, 0.4) is 0 Å². The fraction of sp³-hybridized carbons (Fsp3) is 0.815. The molecule has 0 radical (unpaired) electrons. The third kappa shape index (κ3) is 20.2. The number of carboxylic acids is 1. The summed E-state index contributed by atoms with van der Waals surface area (Å²) < 4.78 is 0.929. The highest BCUT2D eigenvalue weighted by atomic mass is 16.4. The molecule has 0 aliphatic carbocycles. The number of likely N-dealkylation sites (N-methyl/N-ethyl adjacent to an activating group) is 1. The largest absolute Gasteiger partial charge is 0.481 e. The highest BCUT2D eigenvalue weighted by molar-refractivity contribution is 5.68. The molecular weight excluding hydrogens is 370 g/mol. The summed E-state index contributed by atoms with van der Waals surface area (Å²) in [6.07, 6.45) is 28.3. The average molecular weight is 423 g/mol. The van der Waals surface area contributed by atoms with E-state index in [9.17, 15) is 4.79 Å². The number of unbranched alkanes of at least 4 members (excludes halogenated alkanes) is 15. The van der Waals surface area contributed by atoms with E-state index >= 15 is 0 Å². The van der Waals surface area contributed by atoms with Gasteiger partial charge in [0.05, 0.1) is 33.1 Å². The lowest BCUT2D eigenvalue weighted by Crippen LogP contribution is -2.45. The zero-order valence-corrected chi connectivity index (χ0v) is 20.4. The van der Waals surface area contributed by atoms with E-state index in [1.165, 1.54) is 103 Å². The number of rotatable bonds is 23. The van der Waals surface area contributed by atoms with E-state index in [4.69, 9.17) is 5.11 Å². The Morgan fingerprint density at radius 3 is 1.57 bits per heavy atom. The monoisotopic (exact) mass is 422 g/mol. The van der Waals surface area contributed by atoms with Gasteiger partial charge >= 0.3 is 5.97 Å². The molecule has 1 unspecified atom stereocenters. The zero-order chi connectivity index (χ0) is 22.3. The summed E-state index contributed by atoms with van der Waals surface area (Å²) in [5.41, 5.74) is 0. The van der Waals surface area contributed by atoms with Gasteiger partial charge < -0.3 is 9.59 Å². The summed E-state index contributed by atoms with van der Waals surface area (Å²) in [6, 6.07) is 0.